The quantitative estimate of drug-likeness (QED) is 0.566. The molecule has 0 aliphatic rings. The molecule has 0 atom stereocenters. The second-order valence-corrected chi connectivity index (χ2v) is 2.39. The molecule has 0 spiro atoms. The largest absolute Gasteiger partial charge is 0.326 e. The Morgan fingerprint density at radius 1 is 1.22 bits per heavy atom. The number of nitrogens with two attached hydrogens (primary N) is 1. The van der Waals surface area contributed by atoms with Crippen LogP contribution in [0.2, 0.25) is 0 Å². The fourth-order valence-electron chi connectivity index (χ4n) is 0.632. The molecule has 0 amide bonds. The van der Waals surface area contributed by atoms with Gasteiger partial charge in [-0.15, -0.1) is 12.6 Å². The van der Waals surface area contributed by atoms with Crippen LogP contribution in [0.5, 0.6) is 0 Å². The van der Waals surface area contributed by atoms with Crippen molar-refractivity contribution in [2.24, 2.45) is 5.73 Å². The SMILES string of the molecule is NCc1ccc(S)cc1. The van der Waals surface area contributed by atoms with Crippen molar-refractivity contribution in [3.8, 4) is 0 Å². The molecule has 1 aromatic rings. The van der Waals surface area contributed by atoms with Crippen LogP contribution in [0.4, 0.5) is 0 Å². The Hall–Kier alpha value is -0.470. The van der Waals surface area contributed by atoms with Gasteiger partial charge in [0.1, 0.15) is 0 Å². The summed E-state index contributed by atoms with van der Waals surface area (Å²) >= 11 is 4.13. The first-order chi connectivity index (χ1) is 4.33. The molecule has 0 saturated carbocycles. The zero-order valence-electron chi connectivity index (χ0n) is 5.04. The fourth-order valence-corrected chi connectivity index (χ4v) is 0.781. The van der Waals surface area contributed by atoms with E-state index in [1.165, 1.54) is 0 Å². The summed E-state index contributed by atoms with van der Waals surface area (Å²) in [6.07, 6.45) is 0. The predicted octanol–water partition coefficient (Wildman–Crippen LogP) is 1.43. The van der Waals surface area contributed by atoms with Crippen molar-refractivity contribution >= 4 is 12.6 Å². The van der Waals surface area contributed by atoms with Crippen molar-refractivity contribution in [2.45, 2.75) is 11.4 Å². The maximum atomic E-state index is 5.37. The lowest BCUT2D eigenvalue weighted by Gasteiger charge is -1.94. The Morgan fingerprint density at radius 2 is 1.78 bits per heavy atom. The van der Waals surface area contributed by atoms with Crippen LogP contribution >= 0.6 is 12.6 Å². The number of rotatable bonds is 1. The van der Waals surface area contributed by atoms with Crippen LogP contribution in [0.3, 0.4) is 0 Å². The molecule has 2 heteroatoms. The highest BCUT2D eigenvalue weighted by molar-refractivity contribution is 7.80. The second-order valence-electron chi connectivity index (χ2n) is 1.87. The molecule has 0 bridgehead atoms. The van der Waals surface area contributed by atoms with Gasteiger partial charge in [0, 0.05) is 11.4 Å². The van der Waals surface area contributed by atoms with Crippen molar-refractivity contribution in [3.63, 3.8) is 0 Å². The van der Waals surface area contributed by atoms with Gasteiger partial charge in [-0.1, -0.05) is 12.1 Å². The van der Waals surface area contributed by atoms with Crippen molar-refractivity contribution in [3.05, 3.63) is 29.8 Å². The summed E-state index contributed by atoms with van der Waals surface area (Å²) in [6, 6.07) is 7.82. The van der Waals surface area contributed by atoms with Gasteiger partial charge in [0.05, 0.1) is 0 Å². The molecule has 0 saturated heterocycles. The summed E-state index contributed by atoms with van der Waals surface area (Å²) < 4.78 is 0. The summed E-state index contributed by atoms with van der Waals surface area (Å²) in [7, 11) is 0. The highest BCUT2D eigenvalue weighted by Gasteiger charge is 1.85. The summed E-state index contributed by atoms with van der Waals surface area (Å²) in [5.74, 6) is 0. The van der Waals surface area contributed by atoms with Crippen LogP contribution in [0.15, 0.2) is 29.2 Å². The third-order valence-corrected chi connectivity index (χ3v) is 1.47. The molecule has 9 heavy (non-hydrogen) atoms. The highest BCUT2D eigenvalue weighted by atomic mass is 32.1. The van der Waals surface area contributed by atoms with Crippen LogP contribution in [-0.2, 0) is 6.54 Å². The van der Waals surface area contributed by atoms with Gasteiger partial charge >= 0.3 is 0 Å². The van der Waals surface area contributed by atoms with Crippen molar-refractivity contribution in [1.29, 1.82) is 0 Å². The van der Waals surface area contributed by atoms with E-state index in [1.807, 2.05) is 24.3 Å². The van der Waals surface area contributed by atoms with Gasteiger partial charge < -0.3 is 5.73 Å². The molecule has 0 heterocycles. The molecule has 0 fully saturated rings. The first kappa shape index (κ1) is 6.65. The minimum atomic E-state index is 0.605. The Balaban J connectivity index is 2.88. The van der Waals surface area contributed by atoms with E-state index < -0.39 is 0 Å². The smallest absolute Gasteiger partial charge is 0.0178 e. The van der Waals surface area contributed by atoms with Crippen LogP contribution in [-0.4, -0.2) is 0 Å². The molecule has 1 aromatic carbocycles. The molecule has 48 valence electrons. The van der Waals surface area contributed by atoms with E-state index in [9.17, 15) is 0 Å². The lowest BCUT2D eigenvalue weighted by atomic mass is 10.2. The summed E-state index contributed by atoms with van der Waals surface area (Å²) in [4.78, 5) is 0.979. The summed E-state index contributed by atoms with van der Waals surface area (Å²) in [6.45, 7) is 0.605. The van der Waals surface area contributed by atoms with Crippen LogP contribution in [0, 0.1) is 0 Å². The van der Waals surface area contributed by atoms with E-state index in [0.717, 1.165) is 10.5 Å². The van der Waals surface area contributed by atoms with Gasteiger partial charge in [-0.2, -0.15) is 0 Å². The lowest BCUT2D eigenvalue weighted by Crippen LogP contribution is -1.94. The number of hydrogen-bond acceptors (Lipinski definition) is 2. The van der Waals surface area contributed by atoms with Gasteiger partial charge in [-0.25, -0.2) is 0 Å². The standard InChI is InChI=1S/C7H9NS/c8-5-6-1-3-7(9)4-2-6/h1-4,9H,5,8H2. The molecule has 1 rings (SSSR count). The van der Waals surface area contributed by atoms with E-state index in [2.05, 4.69) is 12.6 Å². The number of thiol groups is 1. The van der Waals surface area contributed by atoms with Gasteiger partial charge in [0.2, 0.25) is 0 Å². The topological polar surface area (TPSA) is 26.0 Å². The third-order valence-electron chi connectivity index (χ3n) is 1.17. The molecule has 2 N–H and O–H groups in total. The Morgan fingerprint density at radius 3 is 2.22 bits per heavy atom. The lowest BCUT2D eigenvalue weighted by molar-refractivity contribution is 1.07. The molecule has 0 aliphatic carbocycles. The zero-order valence-corrected chi connectivity index (χ0v) is 5.94. The molecule has 0 radical (unpaired) electrons. The van der Waals surface area contributed by atoms with E-state index in [-0.39, 0.29) is 0 Å². The third kappa shape index (κ3) is 1.73. The molecule has 0 aromatic heterocycles. The number of hydrogen-bond donors (Lipinski definition) is 2. The summed E-state index contributed by atoms with van der Waals surface area (Å²) in [5.41, 5.74) is 6.52. The molecule has 0 unspecified atom stereocenters. The molecular weight excluding hydrogens is 130 g/mol. The average Bonchev–Trinajstić information content (AvgIpc) is 1.90. The van der Waals surface area contributed by atoms with Gasteiger partial charge in [0.25, 0.3) is 0 Å². The second kappa shape index (κ2) is 2.90. The minimum absolute atomic E-state index is 0.605. The maximum absolute atomic E-state index is 5.37. The summed E-state index contributed by atoms with van der Waals surface area (Å²) in [5, 5.41) is 0. The predicted molar refractivity (Wildman–Crippen MR) is 41.6 cm³/mol. The van der Waals surface area contributed by atoms with E-state index in [1.54, 1.807) is 0 Å². The fraction of sp³-hybridized carbons (Fsp3) is 0.143. The Kier molecular flexibility index (Phi) is 2.14. The Bertz CT molecular complexity index is 181. The number of benzene rings is 1. The highest BCUT2D eigenvalue weighted by Crippen LogP contribution is 2.06. The van der Waals surface area contributed by atoms with Gasteiger partial charge in [-0.3, -0.25) is 0 Å². The first-order valence-electron chi connectivity index (χ1n) is 2.81. The van der Waals surface area contributed by atoms with Crippen molar-refractivity contribution in [1.82, 2.24) is 0 Å². The molecule has 1 nitrogen and oxygen atoms in total. The van der Waals surface area contributed by atoms with Crippen LogP contribution < -0.4 is 5.73 Å². The van der Waals surface area contributed by atoms with Crippen molar-refractivity contribution < 1.29 is 0 Å². The maximum Gasteiger partial charge on any atom is 0.0178 e. The minimum Gasteiger partial charge on any atom is -0.326 e. The van der Waals surface area contributed by atoms with Gasteiger partial charge in [0.15, 0.2) is 0 Å². The monoisotopic (exact) mass is 139 g/mol. The van der Waals surface area contributed by atoms with E-state index in [0.29, 0.717) is 6.54 Å². The van der Waals surface area contributed by atoms with Gasteiger partial charge in [-0.05, 0) is 17.7 Å². The van der Waals surface area contributed by atoms with Crippen LogP contribution in [0.1, 0.15) is 5.56 Å². The average molecular weight is 139 g/mol. The van der Waals surface area contributed by atoms with Crippen molar-refractivity contribution in [2.75, 3.05) is 0 Å². The Labute approximate surface area is 60.3 Å². The molecule has 0 aliphatic heterocycles. The first-order valence-corrected chi connectivity index (χ1v) is 3.25. The van der Waals surface area contributed by atoms with E-state index >= 15 is 0 Å². The van der Waals surface area contributed by atoms with E-state index in [4.69, 9.17) is 5.73 Å². The zero-order chi connectivity index (χ0) is 6.69. The van der Waals surface area contributed by atoms with Crippen LogP contribution in [0.25, 0.3) is 0 Å². The normalized spacial score (nSPS) is 9.56. The molecular formula is C7H9NS.